The number of benzene rings is 2. The lowest BCUT2D eigenvalue weighted by atomic mass is 10.0. The van der Waals surface area contributed by atoms with Crippen molar-refractivity contribution in [1.29, 1.82) is 0 Å². The van der Waals surface area contributed by atoms with Gasteiger partial charge in [0.1, 0.15) is 5.82 Å². The zero-order valence-electron chi connectivity index (χ0n) is 16.0. The van der Waals surface area contributed by atoms with Crippen LogP contribution >= 0.6 is 0 Å². The van der Waals surface area contributed by atoms with E-state index in [9.17, 15) is 13.2 Å². The third kappa shape index (κ3) is 4.08. The normalized spacial score (nSPS) is 15.1. The first-order chi connectivity index (χ1) is 13.9. The standard InChI is InChI=1S/C21H22N4O3S/c1-15(17-10-6-3-7-11-17)21(26)22-20-18-12-25(13-19(18)23-24-20)29(27,28)14-16-8-4-2-5-9-16/h2-11,15H,12-14H2,1H3,(H2,22,23,24,26). The molecule has 0 aliphatic carbocycles. The van der Waals surface area contributed by atoms with Gasteiger partial charge < -0.3 is 5.32 Å². The molecule has 2 N–H and O–H groups in total. The average Bonchev–Trinajstić information content (AvgIpc) is 3.31. The van der Waals surface area contributed by atoms with E-state index in [-0.39, 0.29) is 30.7 Å². The summed E-state index contributed by atoms with van der Waals surface area (Å²) >= 11 is 0. The number of nitrogens with one attached hydrogen (secondary N) is 2. The lowest BCUT2D eigenvalue weighted by Gasteiger charge is -2.16. The highest BCUT2D eigenvalue weighted by molar-refractivity contribution is 7.88. The van der Waals surface area contributed by atoms with Crippen molar-refractivity contribution in [3.63, 3.8) is 0 Å². The molecule has 1 unspecified atom stereocenters. The molecule has 0 fully saturated rings. The topological polar surface area (TPSA) is 95.2 Å². The van der Waals surface area contributed by atoms with E-state index in [0.29, 0.717) is 11.5 Å². The largest absolute Gasteiger partial charge is 0.310 e. The number of carbonyl (C=O) groups excluding carboxylic acids is 1. The highest BCUT2D eigenvalue weighted by atomic mass is 32.2. The molecule has 4 rings (SSSR count). The summed E-state index contributed by atoms with van der Waals surface area (Å²) in [6, 6.07) is 18.6. The van der Waals surface area contributed by atoms with Crippen LogP contribution in [0.5, 0.6) is 0 Å². The second kappa shape index (κ2) is 7.81. The SMILES string of the molecule is CC(C(=O)Nc1[nH]nc2c1CN(S(=O)(=O)Cc1ccccc1)C2)c1ccccc1. The predicted octanol–water partition coefficient (Wildman–Crippen LogP) is 3.00. The number of rotatable bonds is 6. The van der Waals surface area contributed by atoms with Gasteiger partial charge in [-0.25, -0.2) is 8.42 Å². The van der Waals surface area contributed by atoms with Crippen LogP contribution in [0.25, 0.3) is 0 Å². The smallest absolute Gasteiger partial charge is 0.232 e. The lowest BCUT2D eigenvalue weighted by Crippen LogP contribution is -2.27. The molecule has 7 nitrogen and oxygen atoms in total. The molecular formula is C21H22N4O3S. The number of aromatic amines is 1. The number of fused-ring (bicyclic) bond motifs is 1. The predicted molar refractivity (Wildman–Crippen MR) is 110 cm³/mol. The maximum absolute atomic E-state index is 12.8. The Kier molecular flexibility index (Phi) is 5.21. The van der Waals surface area contributed by atoms with Crippen molar-refractivity contribution in [2.45, 2.75) is 31.7 Å². The van der Waals surface area contributed by atoms with Crippen LogP contribution in [-0.4, -0.2) is 28.8 Å². The van der Waals surface area contributed by atoms with Crippen molar-refractivity contribution in [2.24, 2.45) is 0 Å². The van der Waals surface area contributed by atoms with Crippen LogP contribution in [0.2, 0.25) is 0 Å². The van der Waals surface area contributed by atoms with Crippen molar-refractivity contribution in [3.8, 4) is 0 Å². The van der Waals surface area contributed by atoms with Crippen molar-refractivity contribution >= 4 is 21.7 Å². The van der Waals surface area contributed by atoms with Gasteiger partial charge >= 0.3 is 0 Å². The minimum absolute atomic E-state index is 0.0610. The van der Waals surface area contributed by atoms with Crippen LogP contribution in [-0.2, 0) is 33.7 Å². The molecule has 29 heavy (non-hydrogen) atoms. The van der Waals surface area contributed by atoms with Gasteiger partial charge in [0.2, 0.25) is 15.9 Å². The second-order valence-corrected chi connectivity index (χ2v) is 9.12. The molecule has 2 heterocycles. The molecule has 0 bridgehead atoms. The maximum atomic E-state index is 12.8. The molecule has 1 aliphatic heterocycles. The number of nitrogens with zero attached hydrogens (tertiary/aromatic N) is 2. The molecule has 1 amide bonds. The Morgan fingerprint density at radius 1 is 1.10 bits per heavy atom. The van der Waals surface area contributed by atoms with E-state index >= 15 is 0 Å². The van der Waals surface area contributed by atoms with E-state index in [0.717, 1.165) is 16.7 Å². The number of aromatic nitrogens is 2. The van der Waals surface area contributed by atoms with Crippen LogP contribution in [0.1, 0.15) is 35.2 Å². The van der Waals surface area contributed by atoms with Gasteiger partial charge in [0.25, 0.3) is 0 Å². The third-order valence-corrected chi connectivity index (χ3v) is 6.88. The van der Waals surface area contributed by atoms with Gasteiger partial charge in [-0.2, -0.15) is 9.40 Å². The third-order valence-electron chi connectivity index (χ3n) is 5.14. The zero-order valence-corrected chi connectivity index (χ0v) is 16.8. The maximum Gasteiger partial charge on any atom is 0.232 e. The van der Waals surface area contributed by atoms with Crippen LogP contribution in [0.4, 0.5) is 5.82 Å². The first-order valence-corrected chi connectivity index (χ1v) is 11.0. The summed E-state index contributed by atoms with van der Waals surface area (Å²) in [6.07, 6.45) is 0. The molecule has 0 spiro atoms. The minimum atomic E-state index is -3.49. The fourth-order valence-electron chi connectivity index (χ4n) is 3.40. The molecule has 0 saturated carbocycles. The number of amides is 1. The molecule has 0 radical (unpaired) electrons. The van der Waals surface area contributed by atoms with E-state index in [1.807, 2.05) is 55.5 Å². The fraction of sp³-hybridized carbons (Fsp3) is 0.238. The van der Waals surface area contributed by atoms with E-state index in [4.69, 9.17) is 0 Å². The van der Waals surface area contributed by atoms with Gasteiger partial charge in [-0.3, -0.25) is 9.89 Å². The van der Waals surface area contributed by atoms with Gasteiger partial charge in [-0.1, -0.05) is 60.7 Å². The van der Waals surface area contributed by atoms with Gasteiger partial charge in [0.15, 0.2) is 0 Å². The zero-order chi connectivity index (χ0) is 20.4. The summed E-state index contributed by atoms with van der Waals surface area (Å²) in [4.78, 5) is 12.6. The first-order valence-electron chi connectivity index (χ1n) is 9.38. The summed E-state index contributed by atoms with van der Waals surface area (Å²) in [7, 11) is -3.49. The molecule has 3 aromatic rings. The number of H-pyrrole nitrogens is 1. The molecule has 0 saturated heterocycles. The van der Waals surface area contributed by atoms with E-state index in [1.165, 1.54) is 4.31 Å². The number of hydrogen-bond acceptors (Lipinski definition) is 4. The van der Waals surface area contributed by atoms with Crippen molar-refractivity contribution in [3.05, 3.63) is 83.0 Å². The first kappa shape index (κ1) is 19.4. The monoisotopic (exact) mass is 410 g/mol. The van der Waals surface area contributed by atoms with Gasteiger partial charge in [0, 0.05) is 12.1 Å². The van der Waals surface area contributed by atoms with Crippen LogP contribution in [0.3, 0.4) is 0 Å². The molecule has 8 heteroatoms. The van der Waals surface area contributed by atoms with Crippen molar-refractivity contribution in [2.75, 3.05) is 5.32 Å². The van der Waals surface area contributed by atoms with Crippen LogP contribution in [0, 0.1) is 0 Å². The Morgan fingerprint density at radius 3 is 2.45 bits per heavy atom. The van der Waals surface area contributed by atoms with E-state index in [2.05, 4.69) is 15.5 Å². The number of hydrogen-bond donors (Lipinski definition) is 2. The van der Waals surface area contributed by atoms with Crippen LogP contribution in [0.15, 0.2) is 60.7 Å². The molecule has 1 aromatic heterocycles. The summed E-state index contributed by atoms with van der Waals surface area (Å²) in [5.74, 6) is -0.109. The number of carbonyl (C=O) groups is 1. The quantitative estimate of drug-likeness (QED) is 0.653. The summed E-state index contributed by atoms with van der Waals surface area (Å²) in [5.41, 5.74) is 3.01. The highest BCUT2D eigenvalue weighted by Gasteiger charge is 2.33. The lowest BCUT2D eigenvalue weighted by molar-refractivity contribution is -0.117. The summed E-state index contributed by atoms with van der Waals surface area (Å²) in [5, 5.41) is 9.90. The number of sulfonamides is 1. The minimum Gasteiger partial charge on any atom is -0.310 e. The fourth-order valence-corrected chi connectivity index (χ4v) is 4.84. The molecule has 1 atom stereocenters. The van der Waals surface area contributed by atoms with Gasteiger partial charge in [-0.05, 0) is 18.1 Å². The average molecular weight is 410 g/mol. The summed E-state index contributed by atoms with van der Waals surface area (Å²) in [6.45, 7) is 2.22. The highest BCUT2D eigenvalue weighted by Crippen LogP contribution is 2.30. The number of anilines is 1. The Morgan fingerprint density at radius 2 is 1.76 bits per heavy atom. The molecule has 150 valence electrons. The van der Waals surface area contributed by atoms with Gasteiger partial charge in [0.05, 0.1) is 23.9 Å². The van der Waals surface area contributed by atoms with E-state index < -0.39 is 10.0 Å². The Labute approximate surface area is 169 Å². The Balaban J connectivity index is 1.46. The Bertz CT molecular complexity index is 1110. The second-order valence-electron chi connectivity index (χ2n) is 7.16. The Hall–Kier alpha value is -2.97. The molecular weight excluding hydrogens is 388 g/mol. The summed E-state index contributed by atoms with van der Waals surface area (Å²) < 4.78 is 27.0. The van der Waals surface area contributed by atoms with Crippen molar-refractivity contribution < 1.29 is 13.2 Å². The van der Waals surface area contributed by atoms with E-state index in [1.54, 1.807) is 12.1 Å². The molecule has 2 aromatic carbocycles. The van der Waals surface area contributed by atoms with Gasteiger partial charge in [-0.15, -0.1) is 0 Å². The molecule has 1 aliphatic rings. The van der Waals surface area contributed by atoms with Crippen LogP contribution < -0.4 is 5.32 Å². The van der Waals surface area contributed by atoms with Crippen molar-refractivity contribution in [1.82, 2.24) is 14.5 Å².